The zero-order valence-corrected chi connectivity index (χ0v) is 11.7. The molecule has 1 unspecified atom stereocenters. The largest absolute Gasteiger partial charge is 0.296 e. The van der Waals surface area contributed by atoms with E-state index in [2.05, 4.69) is 4.40 Å². The van der Waals surface area contributed by atoms with Crippen LogP contribution in [0.5, 0.6) is 0 Å². The molecule has 0 aliphatic carbocycles. The summed E-state index contributed by atoms with van der Waals surface area (Å²) >= 11 is 6.13. The third-order valence-electron chi connectivity index (χ3n) is 2.73. The Bertz CT molecular complexity index is 557. The van der Waals surface area contributed by atoms with Gasteiger partial charge in [-0.1, -0.05) is 24.6 Å². The van der Waals surface area contributed by atoms with Crippen LogP contribution in [0.3, 0.4) is 0 Å². The number of hydrogen-bond acceptors (Lipinski definition) is 2. The van der Waals surface area contributed by atoms with Crippen LogP contribution in [0.15, 0.2) is 27.5 Å². The average molecular weight is 285 g/mol. The Balaban J connectivity index is 2.53. The summed E-state index contributed by atoms with van der Waals surface area (Å²) in [5, 5.41) is 0.472. The SMILES string of the molecule is CCC(=O)N(CC)C1=NS(=O)c2cccc(Cl)c21. The molecule has 4 nitrogen and oxygen atoms in total. The molecule has 1 atom stereocenters. The second-order valence-corrected chi connectivity index (χ2v) is 5.30. The molecule has 0 N–H and O–H groups in total. The van der Waals surface area contributed by atoms with E-state index in [1.54, 1.807) is 25.1 Å². The molecule has 6 heteroatoms. The topological polar surface area (TPSA) is 49.7 Å². The lowest BCUT2D eigenvalue weighted by atomic mass is 10.2. The lowest BCUT2D eigenvalue weighted by Crippen LogP contribution is -2.36. The first kappa shape index (κ1) is 13.2. The first-order valence-electron chi connectivity index (χ1n) is 5.70. The van der Waals surface area contributed by atoms with E-state index >= 15 is 0 Å². The van der Waals surface area contributed by atoms with Gasteiger partial charge in [0.25, 0.3) is 0 Å². The number of rotatable bonds is 2. The van der Waals surface area contributed by atoms with Crippen molar-refractivity contribution in [2.75, 3.05) is 6.54 Å². The van der Waals surface area contributed by atoms with Gasteiger partial charge in [0.1, 0.15) is 0 Å². The predicted octanol–water partition coefficient (Wildman–Crippen LogP) is 2.38. The second kappa shape index (κ2) is 5.20. The van der Waals surface area contributed by atoms with E-state index in [9.17, 15) is 9.00 Å². The molecule has 0 saturated carbocycles. The number of fused-ring (bicyclic) bond motifs is 1. The van der Waals surface area contributed by atoms with Crippen LogP contribution >= 0.6 is 11.6 Å². The summed E-state index contributed by atoms with van der Waals surface area (Å²) in [5.41, 5.74) is 0.612. The van der Waals surface area contributed by atoms with Crippen LogP contribution in [0.25, 0.3) is 0 Å². The fraction of sp³-hybridized carbons (Fsp3) is 0.333. The van der Waals surface area contributed by atoms with Gasteiger partial charge in [-0.3, -0.25) is 9.69 Å². The lowest BCUT2D eigenvalue weighted by molar-refractivity contribution is -0.126. The summed E-state index contributed by atoms with van der Waals surface area (Å²) in [7, 11) is -1.47. The first-order valence-corrected chi connectivity index (χ1v) is 7.18. The van der Waals surface area contributed by atoms with Crippen LogP contribution in [-0.2, 0) is 15.8 Å². The highest BCUT2D eigenvalue weighted by atomic mass is 35.5. The highest BCUT2D eigenvalue weighted by molar-refractivity contribution is 7.84. The maximum atomic E-state index is 11.9. The van der Waals surface area contributed by atoms with Crippen molar-refractivity contribution >= 4 is 34.3 Å². The molecule has 1 aliphatic heterocycles. The van der Waals surface area contributed by atoms with Crippen molar-refractivity contribution in [3.05, 3.63) is 28.8 Å². The van der Waals surface area contributed by atoms with Gasteiger partial charge in [0.15, 0.2) is 16.8 Å². The Hall–Kier alpha value is -1.20. The number of carbonyl (C=O) groups excluding carboxylic acids is 1. The highest BCUT2D eigenvalue weighted by Gasteiger charge is 2.30. The molecular formula is C12H13ClN2O2S. The molecule has 0 radical (unpaired) electrons. The number of nitrogens with zero attached hydrogens (tertiary/aromatic N) is 2. The molecule has 0 fully saturated rings. The third-order valence-corrected chi connectivity index (χ3v) is 4.10. The van der Waals surface area contributed by atoms with Gasteiger partial charge in [0.2, 0.25) is 5.91 Å². The second-order valence-electron chi connectivity index (χ2n) is 3.77. The molecule has 2 rings (SSSR count). The molecular weight excluding hydrogens is 272 g/mol. The van der Waals surface area contributed by atoms with Gasteiger partial charge in [-0.25, -0.2) is 4.21 Å². The quantitative estimate of drug-likeness (QED) is 0.837. The van der Waals surface area contributed by atoms with Crippen molar-refractivity contribution < 1.29 is 9.00 Å². The average Bonchev–Trinajstić information content (AvgIpc) is 2.69. The minimum Gasteiger partial charge on any atom is -0.296 e. The maximum Gasteiger partial charge on any atom is 0.227 e. The molecule has 96 valence electrons. The highest BCUT2D eigenvalue weighted by Crippen LogP contribution is 2.30. The van der Waals surface area contributed by atoms with Gasteiger partial charge in [-0.05, 0) is 19.1 Å². The van der Waals surface area contributed by atoms with E-state index in [1.807, 2.05) is 6.92 Å². The van der Waals surface area contributed by atoms with Crippen LogP contribution in [0.1, 0.15) is 25.8 Å². The smallest absolute Gasteiger partial charge is 0.227 e. The van der Waals surface area contributed by atoms with Crippen molar-refractivity contribution in [3.63, 3.8) is 0 Å². The normalized spacial score (nSPS) is 17.3. The van der Waals surface area contributed by atoms with Gasteiger partial charge in [0.05, 0.1) is 15.5 Å². The summed E-state index contributed by atoms with van der Waals surface area (Å²) in [6, 6.07) is 5.16. The first-order chi connectivity index (χ1) is 8.60. The molecule has 0 aromatic heterocycles. The predicted molar refractivity (Wildman–Crippen MR) is 72.1 cm³/mol. The van der Waals surface area contributed by atoms with Crippen LogP contribution in [0, 0.1) is 0 Å². The molecule has 0 saturated heterocycles. The summed E-state index contributed by atoms with van der Waals surface area (Å²) in [5.74, 6) is 0.365. The number of amidine groups is 1. The molecule has 1 aliphatic rings. The van der Waals surface area contributed by atoms with Gasteiger partial charge < -0.3 is 0 Å². The zero-order valence-electron chi connectivity index (χ0n) is 10.1. The number of halogens is 1. The molecule has 1 aromatic rings. The van der Waals surface area contributed by atoms with Gasteiger partial charge in [-0.2, -0.15) is 4.40 Å². The minimum atomic E-state index is -1.47. The maximum absolute atomic E-state index is 11.9. The van der Waals surface area contributed by atoms with Crippen molar-refractivity contribution in [3.8, 4) is 0 Å². The van der Waals surface area contributed by atoms with Crippen molar-refractivity contribution in [2.45, 2.75) is 25.2 Å². The van der Waals surface area contributed by atoms with Crippen molar-refractivity contribution in [1.82, 2.24) is 4.90 Å². The number of carbonyl (C=O) groups is 1. The van der Waals surface area contributed by atoms with E-state index in [4.69, 9.17) is 11.6 Å². The van der Waals surface area contributed by atoms with E-state index in [-0.39, 0.29) is 5.91 Å². The summed E-state index contributed by atoms with van der Waals surface area (Å²) in [6.07, 6.45) is 0.374. The van der Waals surface area contributed by atoms with Crippen LogP contribution in [0.4, 0.5) is 0 Å². The van der Waals surface area contributed by atoms with Gasteiger partial charge in [0, 0.05) is 13.0 Å². The zero-order chi connectivity index (χ0) is 13.3. The number of hydrogen-bond donors (Lipinski definition) is 0. The monoisotopic (exact) mass is 284 g/mol. The van der Waals surface area contributed by atoms with E-state index in [0.29, 0.717) is 34.3 Å². The Kier molecular flexibility index (Phi) is 3.82. The van der Waals surface area contributed by atoms with Crippen molar-refractivity contribution in [1.29, 1.82) is 0 Å². The summed E-state index contributed by atoms with van der Waals surface area (Å²) < 4.78 is 16.0. The fourth-order valence-corrected chi connectivity index (χ4v) is 3.19. The lowest BCUT2D eigenvalue weighted by Gasteiger charge is -2.20. The Morgan fingerprint density at radius 3 is 2.78 bits per heavy atom. The Morgan fingerprint density at radius 1 is 1.44 bits per heavy atom. The number of benzene rings is 1. The van der Waals surface area contributed by atoms with Gasteiger partial charge in [-0.15, -0.1) is 0 Å². The van der Waals surface area contributed by atoms with E-state index < -0.39 is 11.0 Å². The molecule has 18 heavy (non-hydrogen) atoms. The van der Waals surface area contributed by atoms with E-state index in [1.165, 1.54) is 4.90 Å². The summed E-state index contributed by atoms with van der Waals surface area (Å²) in [4.78, 5) is 14.0. The van der Waals surface area contributed by atoms with Gasteiger partial charge >= 0.3 is 0 Å². The molecule has 1 amide bonds. The van der Waals surface area contributed by atoms with Crippen LogP contribution in [-0.4, -0.2) is 27.4 Å². The molecule has 0 bridgehead atoms. The van der Waals surface area contributed by atoms with Crippen LogP contribution in [0.2, 0.25) is 5.02 Å². The van der Waals surface area contributed by atoms with Crippen molar-refractivity contribution in [2.24, 2.45) is 4.40 Å². The molecule has 1 aromatic carbocycles. The minimum absolute atomic E-state index is 0.0546. The standard InChI is InChI=1S/C12H13ClN2O2S/c1-3-10(16)15(4-2)12-11-8(13)6-5-7-9(11)18(17)14-12/h5-7H,3-4H2,1-2H3. The molecule has 1 heterocycles. The van der Waals surface area contributed by atoms with E-state index in [0.717, 1.165) is 0 Å². The third kappa shape index (κ3) is 2.08. The van der Waals surface area contributed by atoms with Crippen LogP contribution < -0.4 is 0 Å². The Morgan fingerprint density at radius 2 is 2.17 bits per heavy atom. The fourth-order valence-electron chi connectivity index (χ4n) is 1.86. The number of amides is 1. The molecule has 0 spiro atoms. The Labute approximate surface area is 113 Å². The summed E-state index contributed by atoms with van der Waals surface area (Å²) in [6.45, 7) is 4.12.